The molecule has 104 valence electrons. The van der Waals surface area contributed by atoms with E-state index < -0.39 is 6.10 Å². The molecule has 1 atom stereocenters. The molecule has 2 N–H and O–H groups in total. The van der Waals surface area contributed by atoms with Crippen molar-refractivity contribution in [2.24, 2.45) is 0 Å². The Balaban J connectivity index is 2.38. The predicted octanol–water partition coefficient (Wildman–Crippen LogP) is 2.91. The van der Waals surface area contributed by atoms with Gasteiger partial charge in [0.1, 0.15) is 6.07 Å². The third-order valence-electron chi connectivity index (χ3n) is 2.58. The van der Waals surface area contributed by atoms with E-state index in [9.17, 15) is 5.11 Å². The van der Waals surface area contributed by atoms with E-state index in [0.717, 1.165) is 23.0 Å². The van der Waals surface area contributed by atoms with Crippen LogP contribution >= 0.6 is 15.9 Å². The van der Waals surface area contributed by atoms with E-state index in [1.54, 1.807) is 6.07 Å². The molecule has 0 aromatic heterocycles. The first-order valence-corrected chi connectivity index (χ1v) is 7.16. The summed E-state index contributed by atoms with van der Waals surface area (Å²) in [5, 5.41) is 21.8. The second-order valence-corrected chi connectivity index (χ2v) is 5.18. The third-order valence-corrected chi connectivity index (χ3v) is 3.08. The summed E-state index contributed by atoms with van der Waals surface area (Å²) >= 11 is 3.32. The van der Waals surface area contributed by atoms with Crippen LogP contribution in [-0.2, 0) is 4.74 Å². The molecule has 1 aromatic carbocycles. The Hall–Kier alpha value is -1.09. The zero-order valence-corrected chi connectivity index (χ0v) is 12.6. The lowest BCUT2D eigenvalue weighted by Gasteiger charge is -2.14. The first kappa shape index (κ1) is 16.0. The number of rotatable bonds is 8. The van der Waals surface area contributed by atoms with Crippen LogP contribution < -0.4 is 5.32 Å². The second-order valence-electron chi connectivity index (χ2n) is 4.26. The van der Waals surface area contributed by atoms with Gasteiger partial charge in [-0.1, -0.05) is 29.3 Å². The molecule has 0 saturated heterocycles. The Bertz CT molecular complexity index is 432. The van der Waals surface area contributed by atoms with Crippen molar-refractivity contribution in [1.82, 2.24) is 0 Å². The summed E-state index contributed by atoms with van der Waals surface area (Å²) in [6.07, 6.45) is 1.51. The highest BCUT2D eigenvalue weighted by Crippen LogP contribution is 2.20. The summed E-state index contributed by atoms with van der Waals surface area (Å²) < 4.78 is 6.20. The minimum Gasteiger partial charge on any atom is -0.389 e. The highest BCUT2D eigenvalue weighted by atomic mass is 79.9. The first-order valence-electron chi connectivity index (χ1n) is 6.36. The van der Waals surface area contributed by atoms with Gasteiger partial charge in [0.2, 0.25) is 0 Å². The molecular weight excluding hydrogens is 308 g/mol. The predicted molar refractivity (Wildman–Crippen MR) is 79.1 cm³/mol. The normalized spacial score (nSPS) is 11.9. The number of nitriles is 1. The number of halogens is 1. The number of aliphatic hydroxyl groups excluding tert-OH is 1. The molecule has 0 amide bonds. The molecule has 0 fully saturated rings. The number of hydrogen-bond donors (Lipinski definition) is 2. The van der Waals surface area contributed by atoms with E-state index >= 15 is 0 Å². The topological polar surface area (TPSA) is 65.3 Å². The number of anilines is 1. The van der Waals surface area contributed by atoms with Gasteiger partial charge in [0.25, 0.3) is 0 Å². The molecule has 1 rings (SSSR count). The van der Waals surface area contributed by atoms with Gasteiger partial charge in [-0.05, 0) is 24.6 Å². The number of benzene rings is 1. The van der Waals surface area contributed by atoms with E-state index in [1.807, 2.05) is 12.1 Å². The monoisotopic (exact) mass is 326 g/mol. The van der Waals surface area contributed by atoms with Gasteiger partial charge >= 0.3 is 0 Å². The smallest absolute Gasteiger partial charge is 0.101 e. The van der Waals surface area contributed by atoms with Crippen molar-refractivity contribution in [2.45, 2.75) is 25.9 Å². The molecule has 4 nitrogen and oxygen atoms in total. The molecule has 0 aliphatic rings. The van der Waals surface area contributed by atoms with Gasteiger partial charge in [0.15, 0.2) is 0 Å². The molecule has 0 spiro atoms. The third kappa shape index (κ3) is 6.06. The van der Waals surface area contributed by atoms with Crippen molar-refractivity contribution in [2.75, 3.05) is 25.1 Å². The molecular formula is C14H19BrN2O2. The molecule has 0 saturated carbocycles. The van der Waals surface area contributed by atoms with Gasteiger partial charge in [-0.3, -0.25) is 0 Å². The Morgan fingerprint density at radius 2 is 2.32 bits per heavy atom. The minimum atomic E-state index is -0.577. The zero-order chi connectivity index (χ0) is 14.1. The zero-order valence-electron chi connectivity index (χ0n) is 11.0. The fourth-order valence-corrected chi connectivity index (χ4v) is 1.88. The standard InChI is InChI=1S/C14H19BrN2O2/c1-2-3-6-19-10-13(18)9-17-14-5-4-12(15)7-11(14)8-16/h4-5,7,13,17-18H,2-3,6,9-10H2,1H3. The highest BCUT2D eigenvalue weighted by molar-refractivity contribution is 9.10. The number of nitrogens with one attached hydrogen (secondary N) is 1. The van der Waals surface area contributed by atoms with Crippen molar-refractivity contribution < 1.29 is 9.84 Å². The fraction of sp³-hybridized carbons (Fsp3) is 0.500. The molecule has 1 unspecified atom stereocenters. The van der Waals surface area contributed by atoms with Crippen molar-refractivity contribution in [3.8, 4) is 6.07 Å². The SMILES string of the molecule is CCCCOCC(O)CNc1ccc(Br)cc1C#N. The van der Waals surface area contributed by atoms with E-state index in [2.05, 4.69) is 34.2 Å². The molecule has 0 aliphatic carbocycles. The van der Waals surface area contributed by atoms with Crippen molar-refractivity contribution >= 4 is 21.6 Å². The van der Waals surface area contributed by atoms with Gasteiger partial charge in [0, 0.05) is 17.6 Å². The number of hydrogen-bond acceptors (Lipinski definition) is 4. The Morgan fingerprint density at radius 3 is 3.00 bits per heavy atom. The van der Waals surface area contributed by atoms with Crippen molar-refractivity contribution in [1.29, 1.82) is 5.26 Å². The summed E-state index contributed by atoms with van der Waals surface area (Å²) in [5.74, 6) is 0. The maximum atomic E-state index is 9.75. The molecule has 0 radical (unpaired) electrons. The lowest BCUT2D eigenvalue weighted by molar-refractivity contribution is 0.0422. The maximum absolute atomic E-state index is 9.75. The van der Waals surface area contributed by atoms with Crippen molar-refractivity contribution in [3.05, 3.63) is 28.2 Å². The van der Waals surface area contributed by atoms with Crippen LogP contribution in [0, 0.1) is 11.3 Å². The van der Waals surface area contributed by atoms with Crippen LogP contribution in [0.4, 0.5) is 5.69 Å². The summed E-state index contributed by atoms with van der Waals surface area (Å²) in [4.78, 5) is 0. The minimum absolute atomic E-state index is 0.311. The quantitative estimate of drug-likeness (QED) is 0.721. The van der Waals surface area contributed by atoms with Crippen LogP contribution in [0.5, 0.6) is 0 Å². The van der Waals surface area contributed by atoms with Gasteiger partial charge in [-0.15, -0.1) is 0 Å². The van der Waals surface area contributed by atoms with Gasteiger partial charge in [-0.2, -0.15) is 5.26 Å². The summed E-state index contributed by atoms with van der Waals surface area (Å²) in [5.41, 5.74) is 1.27. The number of aliphatic hydroxyl groups is 1. The molecule has 0 heterocycles. The Morgan fingerprint density at radius 1 is 1.53 bits per heavy atom. The van der Waals surface area contributed by atoms with Crippen LogP contribution in [0.25, 0.3) is 0 Å². The van der Waals surface area contributed by atoms with Gasteiger partial charge in [0.05, 0.1) is 24.0 Å². The van der Waals surface area contributed by atoms with E-state index in [-0.39, 0.29) is 0 Å². The van der Waals surface area contributed by atoms with E-state index in [0.29, 0.717) is 25.3 Å². The van der Waals surface area contributed by atoms with Crippen LogP contribution in [-0.4, -0.2) is 31.0 Å². The lowest BCUT2D eigenvalue weighted by atomic mass is 10.2. The van der Waals surface area contributed by atoms with Crippen LogP contribution in [0.2, 0.25) is 0 Å². The van der Waals surface area contributed by atoms with Gasteiger partial charge in [-0.25, -0.2) is 0 Å². The lowest BCUT2D eigenvalue weighted by Crippen LogP contribution is -2.25. The second kappa shape index (κ2) is 8.92. The van der Waals surface area contributed by atoms with Crippen LogP contribution in [0.3, 0.4) is 0 Å². The molecule has 0 bridgehead atoms. The molecule has 1 aromatic rings. The Labute approximate surface area is 122 Å². The van der Waals surface area contributed by atoms with Crippen molar-refractivity contribution in [3.63, 3.8) is 0 Å². The van der Waals surface area contributed by atoms with Crippen LogP contribution in [0.1, 0.15) is 25.3 Å². The molecule has 19 heavy (non-hydrogen) atoms. The fourth-order valence-electron chi connectivity index (χ4n) is 1.52. The van der Waals surface area contributed by atoms with Crippen LogP contribution in [0.15, 0.2) is 22.7 Å². The summed E-state index contributed by atoms with van der Waals surface area (Å²) in [7, 11) is 0. The average Bonchev–Trinajstić information content (AvgIpc) is 2.42. The first-order chi connectivity index (χ1) is 9.17. The van der Waals surface area contributed by atoms with E-state index in [1.165, 1.54) is 0 Å². The average molecular weight is 327 g/mol. The number of unbranched alkanes of at least 4 members (excludes halogenated alkanes) is 1. The molecule has 5 heteroatoms. The molecule has 0 aliphatic heterocycles. The largest absolute Gasteiger partial charge is 0.389 e. The summed E-state index contributed by atoms with van der Waals surface area (Å²) in [6, 6.07) is 7.52. The highest BCUT2D eigenvalue weighted by Gasteiger charge is 2.07. The van der Waals surface area contributed by atoms with Gasteiger partial charge < -0.3 is 15.2 Å². The number of ether oxygens (including phenoxy) is 1. The number of nitrogens with zero attached hydrogens (tertiary/aromatic N) is 1. The van der Waals surface area contributed by atoms with E-state index in [4.69, 9.17) is 10.00 Å². The summed E-state index contributed by atoms with van der Waals surface area (Å²) in [6.45, 7) is 3.45. The maximum Gasteiger partial charge on any atom is 0.101 e. The Kier molecular flexibility index (Phi) is 7.49.